The molecule has 0 spiro atoms. The van der Waals surface area contributed by atoms with E-state index in [9.17, 15) is 0 Å². The van der Waals surface area contributed by atoms with E-state index in [1.807, 2.05) is 30.5 Å². The van der Waals surface area contributed by atoms with Gasteiger partial charge in [-0.05, 0) is 18.6 Å². The van der Waals surface area contributed by atoms with Crippen molar-refractivity contribution in [3.8, 4) is 0 Å². The average Bonchev–Trinajstić information content (AvgIpc) is 2.71. The van der Waals surface area contributed by atoms with Crippen molar-refractivity contribution >= 4 is 0 Å². The van der Waals surface area contributed by atoms with Crippen molar-refractivity contribution in [3.05, 3.63) is 59.8 Å². The third kappa shape index (κ3) is 1.61. The van der Waals surface area contributed by atoms with Gasteiger partial charge in [0.25, 0.3) is 0 Å². The summed E-state index contributed by atoms with van der Waals surface area (Å²) in [5.41, 5.74) is 2.22. The predicted molar refractivity (Wildman–Crippen MR) is 52.2 cm³/mol. The smallest absolute Gasteiger partial charge is 0.0737 e. The lowest BCUT2D eigenvalue weighted by Gasteiger charge is -2.06. The van der Waals surface area contributed by atoms with Crippen LogP contribution in [0, 0.1) is 5.92 Å². The number of nitrogens with one attached hydrogen (secondary N) is 1. The van der Waals surface area contributed by atoms with Crippen LogP contribution >= 0.6 is 0 Å². The lowest BCUT2D eigenvalue weighted by Crippen LogP contribution is -1.96. The van der Waals surface area contributed by atoms with Gasteiger partial charge in [-0.25, -0.2) is 0 Å². The minimum atomic E-state index is 1.01. The molecular formula is C11H11N2. The number of H-pyrrole nitrogens is 1. The van der Waals surface area contributed by atoms with Crippen LogP contribution in [0.15, 0.2) is 42.6 Å². The Hall–Kier alpha value is -1.57. The van der Waals surface area contributed by atoms with Crippen molar-refractivity contribution in [2.45, 2.75) is 6.92 Å². The Morgan fingerprint density at radius 1 is 1.15 bits per heavy atom. The number of hydrogen-bond acceptors (Lipinski definition) is 1. The highest BCUT2D eigenvalue weighted by atomic mass is 15.1. The molecule has 0 aliphatic rings. The molecule has 0 bridgehead atoms. The lowest BCUT2D eigenvalue weighted by atomic mass is 9.98. The van der Waals surface area contributed by atoms with Crippen molar-refractivity contribution < 1.29 is 0 Å². The first-order chi connectivity index (χ1) is 6.38. The van der Waals surface area contributed by atoms with Gasteiger partial charge in [-0.1, -0.05) is 30.3 Å². The van der Waals surface area contributed by atoms with Crippen LogP contribution in [-0.2, 0) is 0 Å². The summed E-state index contributed by atoms with van der Waals surface area (Å²) in [6.45, 7) is 2.07. The molecule has 13 heavy (non-hydrogen) atoms. The number of aromatic nitrogens is 2. The van der Waals surface area contributed by atoms with Gasteiger partial charge in [0.15, 0.2) is 0 Å². The van der Waals surface area contributed by atoms with Gasteiger partial charge in [0.2, 0.25) is 0 Å². The summed E-state index contributed by atoms with van der Waals surface area (Å²) in [5, 5.41) is 6.94. The van der Waals surface area contributed by atoms with Gasteiger partial charge in [0.05, 0.1) is 11.6 Å². The summed E-state index contributed by atoms with van der Waals surface area (Å²) in [6.07, 6.45) is 1.84. The first-order valence-corrected chi connectivity index (χ1v) is 4.27. The van der Waals surface area contributed by atoms with E-state index in [1.54, 1.807) is 0 Å². The summed E-state index contributed by atoms with van der Waals surface area (Å²) in [4.78, 5) is 0. The van der Waals surface area contributed by atoms with Gasteiger partial charge in [-0.2, -0.15) is 5.10 Å². The van der Waals surface area contributed by atoms with Crippen molar-refractivity contribution in [1.29, 1.82) is 0 Å². The van der Waals surface area contributed by atoms with Crippen LogP contribution in [0.25, 0.3) is 0 Å². The summed E-state index contributed by atoms with van der Waals surface area (Å²) in [5.74, 6) is 1.20. The van der Waals surface area contributed by atoms with E-state index in [0.717, 1.165) is 5.69 Å². The zero-order valence-electron chi connectivity index (χ0n) is 7.49. The van der Waals surface area contributed by atoms with Crippen molar-refractivity contribution in [2.75, 3.05) is 0 Å². The zero-order chi connectivity index (χ0) is 9.10. The molecule has 2 heteroatoms. The van der Waals surface area contributed by atoms with Crippen molar-refractivity contribution in [1.82, 2.24) is 10.2 Å². The molecule has 1 heterocycles. The monoisotopic (exact) mass is 171 g/mol. The normalized spacial score (nSPS) is 10.6. The number of hydrogen-bond donors (Lipinski definition) is 1. The lowest BCUT2D eigenvalue weighted by molar-refractivity contribution is 1.01. The Balaban J connectivity index is 2.29. The molecule has 0 aliphatic heterocycles. The summed E-state index contributed by atoms with van der Waals surface area (Å²) in [7, 11) is 0. The number of nitrogens with zero attached hydrogens (tertiary/aromatic N) is 1. The Kier molecular flexibility index (Phi) is 2.13. The van der Waals surface area contributed by atoms with Crippen molar-refractivity contribution in [2.24, 2.45) is 0 Å². The molecule has 0 atom stereocenters. The van der Waals surface area contributed by atoms with E-state index in [4.69, 9.17) is 0 Å². The fourth-order valence-corrected chi connectivity index (χ4v) is 1.31. The second-order valence-electron chi connectivity index (χ2n) is 2.95. The highest BCUT2D eigenvalue weighted by Crippen LogP contribution is 2.19. The van der Waals surface area contributed by atoms with E-state index in [1.165, 1.54) is 11.5 Å². The second kappa shape index (κ2) is 3.44. The molecule has 1 aromatic heterocycles. The maximum Gasteiger partial charge on any atom is 0.0737 e. The third-order valence-corrected chi connectivity index (χ3v) is 2.09. The molecule has 0 aliphatic carbocycles. The van der Waals surface area contributed by atoms with E-state index in [0.29, 0.717) is 0 Å². The summed E-state index contributed by atoms with van der Waals surface area (Å²) < 4.78 is 0. The Bertz CT molecular complexity index is 351. The van der Waals surface area contributed by atoms with Crippen LogP contribution in [-0.4, -0.2) is 10.2 Å². The molecule has 0 fully saturated rings. The van der Waals surface area contributed by atoms with Crippen LogP contribution < -0.4 is 0 Å². The number of benzene rings is 1. The summed E-state index contributed by atoms with van der Waals surface area (Å²) >= 11 is 0. The fourth-order valence-electron chi connectivity index (χ4n) is 1.31. The zero-order valence-corrected chi connectivity index (χ0v) is 7.49. The maximum atomic E-state index is 4.13. The summed E-state index contributed by atoms with van der Waals surface area (Å²) in [6, 6.07) is 12.2. The molecule has 0 saturated heterocycles. The number of aromatic amines is 1. The molecule has 0 amide bonds. The van der Waals surface area contributed by atoms with Gasteiger partial charge in [-0.3, -0.25) is 5.10 Å². The van der Waals surface area contributed by atoms with E-state index in [-0.39, 0.29) is 0 Å². The van der Waals surface area contributed by atoms with Gasteiger partial charge < -0.3 is 0 Å². The topological polar surface area (TPSA) is 28.7 Å². The van der Waals surface area contributed by atoms with Gasteiger partial charge in [-0.15, -0.1) is 0 Å². The minimum Gasteiger partial charge on any atom is -0.285 e. The molecule has 0 unspecified atom stereocenters. The fraction of sp³-hybridized carbons (Fsp3) is 0.0909. The van der Waals surface area contributed by atoms with Crippen LogP contribution in [0.3, 0.4) is 0 Å². The molecule has 0 saturated carbocycles. The number of rotatable bonds is 2. The molecule has 1 radical (unpaired) electrons. The van der Waals surface area contributed by atoms with Crippen LogP contribution in [0.4, 0.5) is 0 Å². The van der Waals surface area contributed by atoms with Crippen LogP contribution in [0.1, 0.15) is 18.2 Å². The maximum absolute atomic E-state index is 4.13. The van der Waals surface area contributed by atoms with Crippen LogP contribution in [0.2, 0.25) is 0 Å². The van der Waals surface area contributed by atoms with Gasteiger partial charge in [0.1, 0.15) is 0 Å². The first kappa shape index (κ1) is 8.05. The quantitative estimate of drug-likeness (QED) is 0.738. The minimum absolute atomic E-state index is 1.01. The Morgan fingerprint density at radius 2 is 1.92 bits per heavy atom. The van der Waals surface area contributed by atoms with Gasteiger partial charge >= 0.3 is 0 Å². The molecule has 1 N–H and O–H groups in total. The highest BCUT2D eigenvalue weighted by molar-refractivity contribution is 5.39. The SMILES string of the molecule is C[C](c1ccccc1)c1cc[nH]n1. The molecule has 2 aromatic rings. The van der Waals surface area contributed by atoms with E-state index in [2.05, 4.69) is 29.3 Å². The molecule has 1 aromatic carbocycles. The highest BCUT2D eigenvalue weighted by Gasteiger charge is 2.09. The van der Waals surface area contributed by atoms with Crippen molar-refractivity contribution in [3.63, 3.8) is 0 Å². The van der Waals surface area contributed by atoms with Crippen LogP contribution in [0.5, 0.6) is 0 Å². The average molecular weight is 171 g/mol. The molecule has 2 nitrogen and oxygen atoms in total. The standard InChI is InChI=1S/C11H11N2/c1-9(11-7-8-12-13-11)10-5-3-2-4-6-10/h2-8H,1H3,(H,12,13). The second-order valence-corrected chi connectivity index (χ2v) is 2.95. The third-order valence-electron chi connectivity index (χ3n) is 2.09. The molecular weight excluding hydrogens is 160 g/mol. The van der Waals surface area contributed by atoms with E-state index < -0.39 is 0 Å². The largest absolute Gasteiger partial charge is 0.285 e. The Morgan fingerprint density at radius 3 is 2.54 bits per heavy atom. The predicted octanol–water partition coefficient (Wildman–Crippen LogP) is 2.40. The molecule has 65 valence electrons. The van der Waals surface area contributed by atoms with Gasteiger partial charge in [0, 0.05) is 6.20 Å². The first-order valence-electron chi connectivity index (χ1n) is 4.27. The molecule has 2 rings (SSSR count). The Labute approximate surface area is 77.6 Å². The van der Waals surface area contributed by atoms with E-state index >= 15 is 0 Å².